The zero-order valence-corrected chi connectivity index (χ0v) is 10.4. The predicted octanol–water partition coefficient (Wildman–Crippen LogP) is 2.51. The van der Waals surface area contributed by atoms with Crippen molar-refractivity contribution in [1.82, 2.24) is 0 Å². The van der Waals surface area contributed by atoms with Gasteiger partial charge in [0.2, 0.25) is 0 Å². The molecule has 0 fully saturated rings. The van der Waals surface area contributed by atoms with E-state index in [0.29, 0.717) is 12.0 Å². The van der Waals surface area contributed by atoms with Gasteiger partial charge in [-0.3, -0.25) is 0 Å². The molecule has 0 amide bonds. The molecular formula is C13H19F2NO. The highest BCUT2D eigenvalue weighted by atomic mass is 19.2. The third kappa shape index (κ3) is 3.75. The Hall–Kier alpha value is -1.00. The van der Waals surface area contributed by atoms with E-state index in [1.54, 1.807) is 13.2 Å². The Morgan fingerprint density at radius 1 is 1.24 bits per heavy atom. The van der Waals surface area contributed by atoms with Gasteiger partial charge in [0.25, 0.3) is 0 Å². The van der Waals surface area contributed by atoms with Crippen molar-refractivity contribution in [1.29, 1.82) is 0 Å². The number of nitrogens with two attached hydrogens (primary N) is 1. The number of rotatable bonds is 5. The molecule has 2 unspecified atom stereocenters. The molecular weight excluding hydrogens is 224 g/mol. The number of hydrogen-bond donors (Lipinski definition) is 1. The predicted molar refractivity (Wildman–Crippen MR) is 63.7 cm³/mol. The van der Waals surface area contributed by atoms with Crippen LogP contribution in [0.1, 0.15) is 19.4 Å². The molecule has 0 aromatic heterocycles. The van der Waals surface area contributed by atoms with E-state index < -0.39 is 11.6 Å². The lowest BCUT2D eigenvalue weighted by atomic mass is 9.94. The molecule has 2 nitrogen and oxygen atoms in total. The summed E-state index contributed by atoms with van der Waals surface area (Å²) >= 11 is 0. The Morgan fingerprint density at radius 3 is 2.35 bits per heavy atom. The fourth-order valence-electron chi connectivity index (χ4n) is 2.00. The van der Waals surface area contributed by atoms with E-state index in [4.69, 9.17) is 10.5 Å². The monoisotopic (exact) mass is 243 g/mol. The number of methoxy groups -OCH3 is 1. The van der Waals surface area contributed by atoms with E-state index in [-0.39, 0.29) is 18.1 Å². The maximum atomic E-state index is 13.0. The average molecular weight is 243 g/mol. The third-order valence-electron chi connectivity index (χ3n) is 2.81. The second-order valence-electron chi connectivity index (χ2n) is 4.56. The Morgan fingerprint density at radius 2 is 1.88 bits per heavy atom. The summed E-state index contributed by atoms with van der Waals surface area (Å²) in [6.45, 7) is 4.03. The van der Waals surface area contributed by atoms with Crippen LogP contribution in [0, 0.1) is 17.6 Å². The van der Waals surface area contributed by atoms with Crippen LogP contribution in [0.25, 0.3) is 0 Å². The minimum Gasteiger partial charge on any atom is -0.380 e. The van der Waals surface area contributed by atoms with Gasteiger partial charge in [0.15, 0.2) is 11.6 Å². The summed E-state index contributed by atoms with van der Waals surface area (Å²) in [5.74, 6) is -1.40. The minimum atomic E-state index is -0.840. The highest BCUT2D eigenvalue weighted by Gasteiger charge is 2.21. The van der Waals surface area contributed by atoms with Gasteiger partial charge in [-0.15, -0.1) is 0 Å². The highest BCUT2D eigenvalue weighted by Crippen LogP contribution is 2.15. The highest BCUT2D eigenvalue weighted by molar-refractivity contribution is 5.19. The van der Waals surface area contributed by atoms with Gasteiger partial charge in [0, 0.05) is 13.2 Å². The van der Waals surface area contributed by atoms with Crippen LogP contribution in [-0.2, 0) is 11.2 Å². The van der Waals surface area contributed by atoms with Crippen LogP contribution < -0.4 is 5.73 Å². The average Bonchev–Trinajstić information content (AvgIpc) is 2.24. The summed E-state index contributed by atoms with van der Waals surface area (Å²) < 4.78 is 31.1. The van der Waals surface area contributed by atoms with Crippen LogP contribution in [0.15, 0.2) is 18.2 Å². The first-order valence-electron chi connectivity index (χ1n) is 5.68. The van der Waals surface area contributed by atoms with E-state index >= 15 is 0 Å². The number of halogens is 2. The van der Waals surface area contributed by atoms with Gasteiger partial charge in [0.1, 0.15) is 0 Å². The normalized spacial score (nSPS) is 15.0. The first-order chi connectivity index (χ1) is 7.95. The molecule has 2 N–H and O–H groups in total. The molecule has 0 aliphatic rings. The number of benzene rings is 1. The lowest BCUT2D eigenvalue weighted by Gasteiger charge is -2.26. The Labute approximate surface area is 101 Å². The van der Waals surface area contributed by atoms with Gasteiger partial charge in [-0.2, -0.15) is 0 Å². The van der Waals surface area contributed by atoms with Crippen LogP contribution in [0.3, 0.4) is 0 Å². The molecule has 0 bridgehead atoms. The number of ether oxygens (including phenoxy) is 1. The molecule has 1 aromatic carbocycles. The van der Waals surface area contributed by atoms with Crippen molar-refractivity contribution in [3.05, 3.63) is 35.4 Å². The second-order valence-corrected chi connectivity index (χ2v) is 4.56. The summed E-state index contributed by atoms with van der Waals surface area (Å²) in [6, 6.07) is 3.62. The smallest absolute Gasteiger partial charge is 0.159 e. The second kappa shape index (κ2) is 6.07. The molecule has 2 atom stereocenters. The topological polar surface area (TPSA) is 35.2 Å². The van der Waals surface area contributed by atoms with E-state index in [2.05, 4.69) is 0 Å². The quantitative estimate of drug-likeness (QED) is 0.862. The first-order valence-corrected chi connectivity index (χ1v) is 5.68. The van der Waals surface area contributed by atoms with Gasteiger partial charge in [0.05, 0.1) is 6.10 Å². The standard InChI is InChI=1S/C13H19F2NO/c1-8(2)13(17-3)12(16)7-9-4-5-10(14)11(15)6-9/h4-6,8,12-13H,7,16H2,1-3H3. The molecule has 0 heterocycles. The maximum Gasteiger partial charge on any atom is 0.159 e. The summed E-state index contributed by atoms with van der Waals surface area (Å²) in [5, 5.41) is 0. The van der Waals surface area contributed by atoms with E-state index in [1.165, 1.54) is 6.07 Å². The maximum absolute atomic E-state index is 13.0. The lowest BCUT2D eigenvalue weighted by molar-refractivity contribution is 0.0441. The van der Waals surface area contributed by atoms with E-state index in [9.17, 15) is 8.78 Å². The van der Waals surface area contributed by atoms with Crippen LogP contribution in [0.4, 0.5) is 8.78 Å². The van der Waals surface area contributed by atoms with Crippen molar-refractivity contribution in [2.24, 2.45) is 11.7 Å². The largest absolute Gasteiger partial charge is 0.380 e. The molecule has 0 radical (unpaired) electrons. The van der Waals surface area contributed by atoms with Gasteiger partial charge in [-0.05, 0) is 30.0 Å². The molecule has 1 aromatic rings. The molecule has 17 heavy (non-hydrogen) atoms. The van der Waals surface area contributed by atoms with Gasteiger partial charge in [-0.25, -0.2) is 8.78 Å². The summed E-state index contributed by atoms with van der Waals surface area (Å²) in [5.41, 5.74) is 6.69. The molecule has 4 heteroatoms. The van der Waals surface area contributed by atoms with Crippen LogP contribution in [0.2, 0.25) is 0 Å². The van der Waals surface area contributed by atoms with Crippen molar-refractivity contribution in [2.75, 3.05) is 7.11 Å². The zero-order valence-electron chi connectivity index (χ0n) is 10.4. The molecule has 1 rings (SSSR count). The molecule has 0 spiro atoms. The summed E-state index contributed by atoms with van der Waals surface area (Å²) in [4.78, 5) is 0. The Kier molecular flexibility index (Phi) is 5.02. The fourth-order valence-corrected chi connectivity index (χ4v) is 2.00. The molecule has 0 aliphatic heterocycles. The van der Waals surface area contributed by atoms with Gasteiger partial charge < -0.3 is 10.5 Å². The van der Waals surface area contributed by atoms with Gasteiger partial charge in [-0.1, -0.05) is 19.9 Å². The van der Waals surface area contributed by atoms with Crippen LogP contribution in [-0.4, -0.2) is 19.3 Å². The fraction of sp³-hybridized carbons (Fsp3) is 0.538. The van der Waals surface area contributed by atoms with Crippen molar-refractivity contribution >= 4 is 0 Å². The van der Waals surface area contributed by atoms with Gasteiger partial charge >= 0.3 is 0 Å². The SMILES string of the molecule is COC(C(C)C)C(N)Cc1ccc(F)c(F)c1. The number of hydrogen-bond acceptors (Lipinski definition) is 2. The van der Waals surface area contributed by atoms with E-state index in [1.807, 2.05) is 13.8 Å². The van der Waals surface area contributed by atoms with Crippen LogP contribution >= 0.6 is 0 Å². The van der Waals surface area contributed by atoms with Crippen molar-refractivity contribution in [2.45, 2.75) is 32.4 Å². The van der Waals surface area contributed by atoms with Crippen molar-refractivity contribution < 1.29 is 13.5 Å². The first kappa shape index (κ1) is 14.1. The summed E-state index contributed by atoms with van der Waals surface area (Å²) in [7, 11) is 1.61. The Bertz CT molecular complexity index is 368. The van der Waals surface area contributed by atoms with Crippen LogP contribution in [0.5, 0.6) is 0 Å². The summed E-state index contributed by atoms with van der Waals surface area (Å²) in [6.07, 6.45) is 0.372. The van der Waals surface area contributed by atoms with Crippen molar-refractivity contribution in [3.8, 4) is 0 Å². The third-order valence-corrected chi connectivity index (χ3v) is 2.81. The molecule has 0 saturated carbocycles. The Balaban J connectivity index is 2.73. The zero-order chi connectivity index (χ0) is 13.0. The molecule has 0 saturated heterocycles. The van der Waals surface area contributed by atoms with E-state index in [0.717, 1.165) is 6.07 Å². The molecule has 0 aliphatic carbocycles. The molecule has 96 valence electrons. The minimum absolute atomic E-state index is 0.0943. The lowest BCUT2D eigenvalue weighted by Crippen LogP contribution is -2.41. The van der Waals surface area contributed by atoms with Crippen molar-refractivity contribution in [3.63, 3.8) is 0 Å².